The van der Waals surface area contributed by atoms with E-state index in [2.05, 4.69) is 37.0 Å². The summed E-state index contributed by atoms with van der Waals surface area (Å²) in [5.74, 6) is 2.84. The lowest BCUT2D eigenvalue weighted by Gasteiger charge is -2.58. The molecule has 29 heavy (non-hydrogen) atoms. The van der Waals surface area contributed by atoms with E-state index in [1.807, 2.05) is 26.2 Å². The number of rotatable bonds is 1. The predicted molar refractivity (Wildman–Crippen MR) is 117 cm³/mol. The molecule has 4 aliphatic rings. The van der Waals surface area contributed by atoms with E-state index in [-0.39, 0.29) is 16.8 Å². The van der Waals surface area contributed by atoms with Crippen LogP contribution in [-0.2, 0) is 9.53 Å². The van der Waals surface area contributed by atoms with Gasteiger partial charge in [0.2, 0.25) is 0 Å². The summed E-state index contributed by atoms with van der Waals surface area (Å²) in [5, 5.41) is 0. The van der Waals surface area contributed by atoms with Crippen molar-refractivity contribution in [1.29, 1.82) is 0 Å². The van der Waals surface area contributed by atoms with Gasteiger partial charge in [-0.3, -0.25) is 9.78 Å². The highest BCUT2D eigenvalue weighted by Crippen LogP contribution is 2.66. The second-order valence-corrected chi connectivity index (χ2v) is 9.89. The molecule has 2 heterocycles. The van der Waals surface area contributed by atoms with E-state index < -0.39 is 0 Å². The summed E-state index contributed by atoms with van der Waals surface area (Å²) < 4.78 is 5.54. The lowest BCUT2D eigenvalue weighted by Crippen LogP contribution is -2.51. The van der Waals surface area contributed by atoms with Crippen molar-refractivity contribution in [2.75, 3.05) is 6.61 Å². The lowest BCUT2D eigenvalue weighted by molar-refractivity contribution is -0.144. The van der Waals surface area contributed by atoms with Crippen molar-refractivity contribution in [2.45, 2.75) is 72.6 Å². The molecule has 3 nitrogen and oxygen atoms in total. The molecule has 0 radical (unpaired) electrons. The molecule has 1 saturated heterocycles. The molecule has 0 bridgehead atoms. The Morgan fingerprint density at radius 3 is 2.69 bits per heavy atom. The summed E-state index contributed by atoms with van der Waals surface area (Å²) in [6.07, 6.45) is 14.3. The first-order valence-corrected chi connectivity index (χ1v) is 11.8. The molecule has 3 fully saturated rings. The normalized spacial score (nSPS) is 40.8. The van der Waals surface area contributed by atoms with Crippen molar-refractivity contribution in [1.82, 2.24) is 4.98 Å². The summed E-state index contributed by atoms with van der Waals surface area (Å²) in [4.78, 5) is 16.3. The fourth-order valence-electron chi connectivity index (χ4n) is 7.37. The first-order chi connectivity index (χ1) is 14.0. The largest absolute Gasteiger partial charge is 0.465 e. The van der Waals surface area contributed by atoms with Crippen LogP contribution in [-0.4, -0.2) is 17.6 Å². The number of ether oxygens (including phenoxy) is 1. The zero-order valence-corrected chi connectivity index (χ0v) is 18.6. The van der Waals surface area contributed by atoms with Crippen LogP contribution in [0.5, 0.6) is 0 Å². The molecule has 6 atom stereocenters. The number of cyclic esters (lactones) is 1. The third-order valence-electron chi connectivity index (χ3n) is 8.93. The summed E-state index contributed by atoms with van der Waals surface area (Å²) in [7, 11) is 0. The molecule has 1 aromatic heterocycles. The van der Waals surface area contributed by atoms with Crippen LogP contribution in [0.4, 0.5) is 0 Å². The Morgan fingerprint density at radius 1 is 1.10 bits per heavy atom. The standard InChI is InChI=1S/C24H31NO2.C2H6/c1-23-12-10-22(26)27-15-17(23)5-6-18-20-8-7-19(16-4-3-13-25-14-16)24(20,2)11-9-21(18)23;1-2/h3-4,7,13-14,17-18,20-21H,5-6,8-12,15H2,1-2H3;1-2H3. The lowest BCUT2D eigenvalue weighted by atomic mass is 9.46. The van der Waals surface area contributed by atoms with Gasteiger partial charge in [0.25, 0.3) is 0 Å². The van der Waals surface area contributed by atoms with Crippen LogP contribution in [0.15, 0.2) is 30.6 Å². The number of carbonyl (C=O) groups is 1. The van der Waals surface area contributed by atoms with Crippen molar-refractivity contribution < 1.29 is 9.53 Å². The Bertz CT molecular complexity index is 772. The van der Waals surface area contributed by atoms with Crippen LogP contribution in [0.3, 0.4) is 0 Å². The summed E-state index contributed by atoms with van der Waals surface area (Å²) in [6.45, 7) is 9.64. The van der Waals surface area contributed by atoms with E-state index in [0.717, 1.165) is 24.2 Å². The van der Waals surface area contributed by atoms with Gasteiger partial charge in [-0.05, 0) is 90.2 Å². The maximum Gasteiger partial charge on any atom is 0.305 e. The van der Waals surface area contributed by atoms with Gasteiger partial charge in [0.15, 0.2) is 0 Å². The summed E-state index contributed by atoms with van der Waals surface area (Å²) in [6, 6.07) is 4.29. The molecule has 3 heteroatoms. The topological polar surface area (TPSA) is 39.2 Å². The number of aromatic nitrogens is 1. The van der Waals surface area contributed by atoms with Crippen molar-refractivity contribution in [2.24, 2.45) is 34.5 Å². The maximum absolute atomic E-state index is 11.9. The molecule has 5 rings (SSSR count). The van der Waals surface area contributed by atoms with Gasteiger partial charge >= 0.3 is 5.97 Å². The minimum atomic E-state index is 0.0178. The second kappa shape index (κ2) is 7.89. The van der Waals surface area contributed by atoms with E-state index in [1.54, 1.807) is 0 Å². The second-order valence-electron chi connectivity index (χ2n) is 9.89. The SMILES string of the molecule is CC.CC12CCC3C(CCC4COC(=O)CCC43C)C1CC=C2c1cccnc1. The van der Waals surface area contributed by atoms with E-state index in [4.69, 9.17) is 4.74 Å². The van der Waals surface area contributed by atoms with Gasteiger partial charge in [-0.2, -0.15) is 0 Å². The van der Waals surface area contributed by atoms with Gasteiger partial charge in [0, 0.05) is 18.8 Å². The molecule has 0 spiro atoms. The van der Waals surface area contributed by atoms with Gasteiger partial charge in [0.1, 0.15) is 0 Å². The number of esters is 1. The molecular weight excluding hydrogens is 358 g/mol. The summed E-state index contributed by atoms with van der Waals surface area (Å²) in [5.41, 5.74) is 3.40. The molecule has 6 unspecified atom stereocenters. The van der Waals surface area contributed by atoms with Crippen molar-refractivity contribution in [3.8, 4) is 0 Å². The molecular formula is C26H37NO2. The average Bonchev–Trinajstić information content (AvgIpc) is 3.03. The fourth-order valence-corrected chi connectivity index (χ4v) is 7.37. The average molecular weight is 396 g/mol. The van der Waals surface area contributed by atoms with Gasteiger partial charge < -0.3 is 4.74 Å². The molecule has 0 aromatic carbocycles. The third kappa shape index (κ3) is 3.25. The number of carbonyl (C=O) groups excluding carboxylic acids is 1. The number of fused-ring (bicyclic) bond motifs is 5. The van der Waals surface area contributed by atoms with E-state index in [1.165, 1.54) is 43.2 Å². The molecule has 0 amide bonds. The van der Waals surface area contributed by atoms with E-state index in [9.17, 15) is 4.79 Å². The van der Waals surface area contributed by atoms with Crippen LogP contribution in [0.25, 0.3) is 5.57 Å². The fraction of sp³-hybridized carbons (Fsp3) is 0.692. The van der Waals surface area contributed by atoms with Gasteiger partial charge in [0.05, 0.1) is 6.61 Å². The molecule has 0 N–H and O–H groups in total. The zero-order chi connectivity index (χ0) is 20.6. The van der Waals surface area contributed by atoms with Crippen LogP contribution < -0.4 is 0 Å². The first-order valence-electron chi connectivity index (χ1n) is 11.8. The Morgan fingerprint density at radius 2 is 1.93 bits per heavy atom. The van der Waals surface area contributed by atoms with Gasteiger partial charge in [-0.25, -0.2) is 0 Å². The van der Waals surface area contributed by atoms with Crippen molar-refractivity contribution in [3.63, 3.8) is 0 Å². The molecule has 3 aliphatic carbocycles. The number of pyridine rings is 1. The van der Waals surface area contributed by atoms with Gasteiger partial charge in [-0.1, -0.05) is 39.8 Å². The molecule has 1 aromatic rings. The predicted octanol–water partition coefficient (Wildman–Crippen LogP) is 6.30. The van der Waals surface area contributed by atoms with Crippen LogP contribution in [0.1, 0.15) is 78.2 Å². The molecule has 1 aliphatic heterocycles. The monoisotopic (exact) mass is 395 g/mol. The van der Waals surface area contributed by atoms with Crippen LogP contribution >= 0.6 is 0 Å². The number of hydrogen-bond acceptors (Lipinski definition) is 3. The van der Waals surface area contributed by atoms with Crippen LogP contribution in [0.2, 0.25) is 0 Å². The third-order valence-corrected chi connectivity index (χ3v) is 8.93. The maximum atomic E-state index is 11.9. The van der Waals surface area contributed by atoms with Crippen LogP contribution in [0, 0.1) is 34.5 Å². The Hall–Kier alpha value is -1.64. The number of allylic oxidation sites excluding steroid dienone is 2. The zero-order valence-electron chi connectivity index (χ0n) is 18.6. The van der Waals surface area contributed by atoms with Gasteiger partial charge in [-0.15, -0.1) is 0 Å². The molecule has 158 valence electrons. The highest BCUT2D eigenvalue weighted by atomic mass is 16.5. The number of nitrogens with zero attached hydrogens (tertiary/aromatic N) is 1. The van der Waals surface area contributed by atoms with Crippen molar-refractivity contribution >= 4 is 11.5 Å². The Balaban J connectivity index is 0.000000994. The highest BCUT2D eigenvalue weighted by molar-refractivity contribution is 5.72. The molecule has 2 saturated carbocycles. The number of hydrogen-bond donors (Lipinski definition) is 0. The quantitative estimate of drug-likeness (QED) is 0.524. The Labute approximate surface area is 176 Å². The summed E-state index contributed by atoms with van der Waals surface area (Å²) >= 11 is 0. The van der Waals surface area contributed by atoms with E-state index in [0.29, 0.717) is 18.9 Å². The minimum Gasteiger partial charge on any atom is -0.465 e. The van der Waals surface area contributed by atoms with E-state index >= 15 is 0 Å². The van der Waals surface area contributed by atoms with Crippen molar-refractivity contribution in [3.05, 3.63) is 36.2 Å². The first kappa shape index (κ1) is 20.6. The highest BCUT2D eigenvalue weighted by Gasteiger charge is 2.58. The minimum absolute atomic E-state index is 0.0178. The smallest absolute Gasteiger partial charge is 0.305 e. The Kier molecular flexibility index (Phi) is 5.61.